The van der Waals surface area contributed by atoms with Gasteiger partial charge in [0.05, 0.1) is 16.7 Å². The zero-order chi connectivity index (χ0) is 82.0. The van der Waals surface area contributed by atoms with E-state index >= 15 is 0 Å². The maximum absolute atomic E-state index is 5.72. The highest BCUT2D eigenvalue weighted by Crippen LogP contribution is 2.48. The molecule has 16 aromatic carbocycles. The van der Waals surface area contributed by atoms with Crippen molar-refractivity contribution in [3.8, 4) is 153 Å². The monoisotopic (exact) mass is 1590 g/mol. The lowest BCUT2D eigenvalue weighted by Crippen LogP contribution is -2.61. The number of benzene rings is 16. The number of aromatic nitrogens is 13. The molecule has 0 aliphatic carbocycles. The van der Waals surface area contributed by atoms with Crippen LogP contribution in [0.4, 0.5) is 34.1 Å². The molecule has 0 bridgehead atoms. The molecular weight excluding hydrogens is 1520 g/mol. The molecule has 0 atom stereocenters. The minimum absolute atomic E-state index is 0.0367. The molecule has 15 nitrogen and oxygen atoms in total. The third-order valence-corrected chi connectivity index (χ3v) is 23.2. The maximum Gasteiger partial charge on any atom is 0.252 e. The summed E-state index contributed by atoms with van der Waals surface area (Å²) in [5.74, 6) is 6.03. The van der Waals surface area contributed by atoms with Crippen LogP contribution in [0.3, 0.4) is 0 Å². The molecule has 578 valence electrons. The fraction of sp³-hybridized carbons (Fsp3) is 0. The Balaban J connectivity index is 0.747. The van der Waals surface area contributed by atoms with Crippen LogP contribution < -0.4 is 26.2 Å². The summed E-state index contributed by atoms with van der Waals surface area (Å²) in [7, 11) is 0. The Labute approximate surface area is 714 Å². The lowest BCUT2D eigenvalue weighted by Gasteiger charge is -2.44. The molecule has 21 aromatic rings. The molecule has 0 N–H and O–H groups in total. The standard InChI is InChI=1S/C108H68BN15/c1-10-32-70(33-11-1)97-110-98(71-34-12-2-13-35-71)115-105(114-97)78-58-61-89-84(64-78)85-65-79(106-116-99(72-36-14-3-15-37-72)111-100(117-106)73-38-16-4-17-39-73)59-62-90(85)124(89)91-63-60-80(107-118-101(74-40-18-5-19-41-74)112-102(119-107)75-42-20-6-21-43-75)66-86(91)108-120-103(76-44-22-7-23-45-76)113-104(121-108)77-56-54-69(55-57-77)81-67-94-96-95(68-81)123(83-48-26-9-27-49-83)93-53-31-29-51-88(93)109(96)87-50-28-30-52-92(87)122(94)82-46-24-8-25-47-82/h1-68H. The van der Waals surface area contributed by atoms with Gasteiger partial charge in [0.25, 0.3) is 6.71 Å². The molecule has 0 saturated heterocycles. The van der Waals surface area contributed by atoms with Gasteiger partial charge in [0.1, 0.15) is 0 Å². The van der Waals surface area contributed by atoms with Gasteiger partial charge < -0.3 is 14.4 Å². The SMILES string of the molecule is c1ccc(-c2nc(-c3ccccc3)nc(-c3ccc(-n4c5ccc(-c6nc(-c7ccccc7)nc(-c7ccccc7)n6)cc5c5cc(-c6nc(-c7ccccc7)nc(-c7ccccc7)n6)ccc54)c(-c4nc(-c5ccccc5)nc(-c5ccc(-c6cc7c8c(c6)N(c6ccccc6)c6ccccc6B8c6ccccc6N7c6ccccc6)cc5)n4)c3)n2)cc1. The summed E-state index contributed by atoms with van der Waals surface area (Å²) < 4.78 is 2.30. The zero-order valence-corrected chi connectivity index (χ0v) is 66.5. The fourth-order valence-electron chi connectivity index (χ4n) is 17.4. The molecule has 0 unspecified atom stereocenters. The second-order valence-electron chi connectivity index (χ2n) is 30.7. The smallest absolute Gasteiger partial charge is 0.252 e. The van der Waals surface area contributed by atoms with Gasteiger partial charge >= 0.3 is 0 Å². The third-order valence-electron chi connectivity index (χ3n) is 23.2. The van der Waals surface area contributed by atoms with Crippen LogP contribution in [0.15, 0.2) is 413 Å². The predicted molar refractivity (Wildman–Crippen MR) is 499 cm³/mol. The summed E-state index contributed by atoms with van der Waals surface area (Å²) in [5, 5.41) is 1.79. The number of rotatable bonds is 16. The van der Waals surface area contributed by atoms with Gasteiger partial charge in [-0.15, -0.1) is 0 Å². The quantitative estimate of drug-likeness (QED) is 0.0839. The molecule has 0 radical (unpaired) electrons. The van der Waals surface area contributed by atoms with Crippen molar-refractivity contribution < 1.29 is 0 Å². The van der Waals surface area contributed by atoms with Crippen molar-refractivity contribution in [3.05, 3.63) is 413 Å². The van der Waals surface area contributed by atoms with Gasteiger partial charge in [0, 0.05) is 112 Å². The highest BCUT2D eigenvalue weighted by atomic mass is 15.2. The molecule has 0 amide bonds. The molecular formula is C108H68BN15. The highest BCUT2D eigenvalue weighted by Gasteiger charge is 2.44. The van der Waals surface area contributed by atoms with Crippen LogP contribution in [0.25, 0.3) is 175 Å². The number of nitrogens with zero attached hydrogens (tertiary/aromatic N) is 15. The van der Waals surface area contributed by atoms with Crippen LogP contribution in [0, 0.1) is 0 Å². The summed E-state index contributed by atoms with van der Waals surface area (Å²) in [6, 6.07) is 142. The number of anilines is 6. The summed E-state index contributed by atoms with van der Waals surface area (Å²) in [5.41, 5.74) is 24.6. The first kappa shape index (κ1) is 72.3. The molecule has 0 saturated carbocycles. The fourth-order valence-corrected chi connectivity index (χ4v) is 17.4. The average Bonchev–Trinajstić information content (AvgIpc) is 0.816. The highest BCUT2D eigenvalue weighted by molar-refractivity contribution is 7.00. The zero-order valence-electron chi connectivity index (χ0n) is 66.5. The van der Waals surface area contributed by atoms with Gasteiger partial charge in [-0.3, -0.25) is 0 Å². The van der Waals surface area contributed by atoms with Crippen molar-refractivity contribution in [2.24, 2.45) is 0 Å². The normalized spacial score (nSPS) is 12.0. The molecule has 2 aliphatic rings. The molecule has 16 heteroatoms. The predicted octanol–water partition coefficient (Wildman–Crippen LogP) is 23.3. The van der Waals surface area contributed by atoms with Crippen molar-refractivity contribution in [2.45, 2.75) is 0 Å². The van der Waals surface area contributed by atoms with E-state index < -0.39 is 0 Å². The molecule has 5 aromatic heterocycles. The van der Waals surface area contributed by atoms with Gasteiger partial charge in [-0.1, -0.05) is 309 Å². The van der Waals surface area contributed by atoms with Crippen molar-refractivity contribution in [1.29, 1.82) is 0 Å². The van der Waals surface area contributed by atoms with E-state index in [4.69, 9.17) is 59.8 Å². The van der Waals surface area contributed by atoms with E-state index in [1.807, 2.05) is 212 Å². The minimum Gasteiger partial charge on any atom is -0.311 e. The summed E-state index contributed by atoms with van der Waals surface area (Å²) in [6.45, 7) is -0.0367. The largest absolute Gasteiger partial charge is 0.311 e. The van der Waals surface area contributed by atoms with E-state index in [0.29, 0.717) is 81.0 Å². The van der Waals surface area contributed by atoms with Gasteiger partial charge in [-0.2, -0.15) is 0 Å². The molecule has 0 spiro atoms. The maximum atomic E-state index is 5.72. The van der Waals surface area contributed by atoms with Gasteiger partial charge in [-0.05, 0) is 131 Å². The van der Waals surface area contributed by atoms with E-state index in [9.17, 15) is 0 Å². The molecule has 7 heterocycles. The summed E-state index contributed by atoms with van der Waals surface area (Å²) in [6.07, 6.45) is 0. The lowest BCUT2D eigenvalue weighted by molar-refractivity contribution is 1.06. The van der Waals surface area contributed by atoms with E-state index in [-0.39, 0.29) is 6.71 Å². The molecule has 2 aliphatic heterocycles. The number of para-hydroxylation sites is 4. The topological polar surface area (TPSA) is 166 Å². The van der Waals surface area contributed by atoms with Crippen LogP contribution in [-0.4, -0.2) is 71.1 Å². The third kappa shape index (κ3) is 13.1. The van der Waals surface area contributed by atoms with Crippen molar-refractivity contribution >= 4 is 79.0 Å². The minimum atomic E-state index is -0.0367. The van der Waals surface area contributed by atoms with Gasteiger partial charge in [0.2, 0.25) is 0 Å². The Kier molecular flexibility index (Phi) is 17.9. The number of fused-ring (bicyclic) bond motifs is 7. The van der Waals surface area contributed by atoms with E-state index in [1.54, 1.807) is 0 Å². The Hall–Kier alpha value is -17.0. The van der Waals surface area contributed by atoms with Crippen molar-refractivity contribution in [1.82, 2.24) is 64.4 Å². The van der Waals surface area contributed by atoms with Crippen LogP contribution in [0.5, 0.6) is 0 Å². The second kappa shape index (κ2) is 30.7. The van der Waals surface area contributed by atoms with Crippen LogP contribution in [-0.2, 0) is 0 Å². The number of hydrogen-bond donors (Lipinski definition) is 0. The first-order chi connectivity index (χ1) is 61.4. The van der Waals surface area contributed by atoms with Crippen LogP contribution >= 0.6 is 0 Å². The first-order valence-electron chi connectivity index (χ1n) is 41.3. The molecule has 0 fully saturated rings. The van der Waals surface area contributed by atoms with Gasteiger partial charge in [0.15, 0.2) is 69.9 Å². The van der Waals surface area contributed by atoms with E-state index in [2.05, 4.69) is 215 Å². The first-order valence-corrected chi connectivity index (χ1v) is 41.3. The summed E-state index contributed by atoms with van der Waals surface area (Å²) >= 11 is 0. The molecule has 23 rings (SSSR count). The van der Waals surface area contributed by atoms with Gasteiger partial charge in [-0.25, -0.2) is 59.8 Å². The Bertz CT molecular complexity index is 7180. The van der Waals surface area contributed by atoms with Crippen molar-refractivity contribution in [2.75, 3.05) is 9.80 Å². The van der Waals surface area contributed by atoms with Crippen LogP contribution in [0.2, 0.25) is 0 Å². The van der Waals surface area contributed by atoms with E-state index in [1.165, 1.54) is 16.4 Å². The van der Waals surface area contributed by atoms with Crippen molar-refractivity contribution in [3.63, 3.8) is 0 Å². The van der Waals surface area contributed by atoms with E-state index in [0.717, 1.165) is 128 Å². The average molecular weight is 1590 g/mol. The number of hydrogen-bond acceptors (Lipinski definition) is 14. The Morgan fingerprint density at radius 2 is 0.419 bits per heavy atom. The Morgan fingerprint density at radius 3 is 0.750 bits per heavy atom. The lowest BCUT2D eigenvalue weighted by atomic mass is 9.33. The Morgan fingerprint density at radius 1 is 0.169 bits per heavy atom. The molecule has 124 heavy (non-hydrogen) atoms. The summed E-state index contributed by atoms with van der Waals surface area (Å²) in [4.78, 5) is 68.9. The van der Waals surface area contributed by atoms with Crippen LogP contribution in [0.1, 0.15) is 0 Å². The second-order valence-corrected chi connectivity index (χ2v) is 30.7.